The maximum absolute atomic E-state index is 13.4. The number of hydrogen-bond acceptors (Lipinski definition) is 4. The van der Waals surface area contributed by atoms with Crippen molar-refractivity contribution in [3.8, 4) is 0 Å². The van der Waals surface area contributed by atoms with Crippen molar-refractivity contribution in [3.05, 3.63) is 51.5 Å². The van der Waals surface area contributed by atoms with E-state index in [0.717, 1.165) is 23.5 Å². The zero-order chi connectivity index (χ0) is 14.7. The third-order valence-corrected chi connectivity index (χ3v) is 3.22. The predicted molar refractivity (Wildman–Crippen MR) is 66.6 cm³/mol. The van der Waals surface area contributed by atoms with Crippen LogP contribution in [0.2, 0.25) is 0 Å². The molecule has 2 N–H and O–H groups in total. The summed E-state index contributed by atoms with van der Waals surface area (Å²) < 4.78 is 26.3. The highest BCUT2D eigenvalue weighted by molar-refractivity contribution is 7.09. The molecule has 1 heterocycles. The number of amides is 1. The van der Waals surface area contributed by atoms with Crippen LogP contribution in [-0.2, 0) is 6.54 Å². The van der Waals surface area contributed by atoms with Gasteiger partial charge in [-0.05, 0) is 12.1 Å². The molecule has 2 aromatic rings. The Morgan fingerprint density at radius 3 is 2.75 bits per heavy atom. The molecule has 0 spiro atoms. The molecule has 0 saturated carbocycles. The fourth-order valence-electron chi connectivity index (χ4n) is 1.42. The smallest absolute Gasteiger partial charge is 0.355 e. The molecule has 0 unspecified atom stereocenters. The van der Waals surface area contributed by atoms with Gasteiger partial charge in [-0.25, -0.2) is 18.6 Å². The summed E-state index contributed by atoms with van der Waals surface area (Å²) in [5.74, 6) is -4.31. The first kappa shape index (κ1) is 14.1. The number of aromatic nitrogens is 1. The monoisotopic (exact) mass is 298 g/mol. The molecule has 0 atom stereocenters. The van der Waals surface area contributed by atoms with E-state index >= 15 is 0 Å². The number of carboxylic acids is 1. The van der Waals surface area contributed by atoms with Crippen LogP contribution in [0.5, 0.6) is 0 Å². The van der Waals surface area contributed by atoms with Crippen molar-refractivity contribution in [1.29, 1.82) is 0 Å². The first-order valence-corrected chi connectivity index (χ1v) is 6.27. The molecule has 0 radical (unpaired) electrons. The van der Waals surface area contributed by atoms with Crippen LogP contribution in [0.15, 0.2) is 23.6 Å². The van der Waals surface area contributed by atoms with E-state index in [1.54, 1.807) is 0 Å². The van der Waals surface area contributed by atoms with Crippen LogP contribution in [0, 0.1) is 11.6 Å². The zero-order valence-electron chi connectivity index (χ0n) is 9.89. The van der Waals surface area contributed by atoms with E-state index in [0.29, 0.717) is 5.01 Å². The van der Waals surface area contributed by atoms with Gasteiger partial charge < -0.3 is 10.4 Å². The van der Waals surface area contributed by atoms with Crippen LogP contribution >= 0.6 is 11.3 Å². The highest BCUT2D eigenvalue weighted by atomic mass is 32.1. The van der Waals surface area contributed by atoms with Gasteiger partial charge in [-0.15, -0.1) is 11.3 Å². The second-order valence-electron chi connectivity index (χ2n) is 3.72. The van der Waals surface area contributed by atoms with E-state index in [4.69, 9.17) is 5.11 Å². The Kier molecular flexibility index (Phi) is 4.04. The minimum absolute atomic E-state index is 0.0628. The molecular formula is C12H8F2N2O3S. The average molecular weight is 298 g/mol. The zero-order valence-corrected chi connectivity index (χ0v) is 10.7. The number of aromatic carboxylic acids is 1. The SMILES string of the molecule is O=C(O)c1csc(CNC(=O)c2cccc(F)c2F)n1. The summed E-state index contributed by atoms with van der Waals surface area (Å²) in [4.78, 5) is 26.0. The lowest BCUT2D eigenvalue weighted by molar-refractivity contribution is 0.0691. The van der Waals surface area contributed by atoms with Gasteiger partial charge in [0.2, 0.25) is 0 Å². The lowest BCUT2D eigenvalue weighted by Gasteiger charge is -2.04. The molecular weight excluding hydrogens is 290 g/mol. The molecule has 1 aromatic heterocycles. The topological polar surface area (TPSA) is 79.3 Å². The van der Waals surface area contributed by atoms with Crippen LogP contribution in [0.1, 0.15) is 25.9 Å². The van der Waals surface area contributed by atoms with E-state index in [9.17, 15) is 18.4 Å². The molecule has 0 aliphatic rings. The van der Waals surface area contributed by atoms with Gasteiger partial charge in [-0.3, -0.25) is 4.79 Å². The molecule has 0 bridgehead atoms. The van der Waals surface area contributed by atoms with Crippen LogP contribution in [0.3, 0.4) is 0 Å². The van der Waals surface area contributed by atoms with Crippen molar-refractivity contribution in [1.82, 2.24) is 10.3 Å². The predicted octanol–water partition coefficient (Wildman–Crippen LogP) is 2.05. The van der Waals surface area contributed by atoms with Crippen molar-refractivity contribution in [2.75, 3.05) is 0 Å². The summed E-state index contributed by atoms with van der Waals surface area (Å²) in [6.45, 7) is -0.0628. The Morgan fingerprint density at radius 2 is 2.10 bits per heavy atom. The van der Waals surface area contributed by atoms with E-state index in [2.05, 4.69) is 10.3 Å². The van der Waals surface area contributed by atoms with Crippen molar-refractivity contribution < 1.29 is 23.5 Å². The molecule has 0 aliphatic heterocycles. The molecule has 1 aromatic carbocycles. The average Bonchev–Trinajstić information content (AvgIpc) is 2.88. The maximum Gasteiger partial charge on any atom is 0.355 e. The van der Waals surface area contributed by atoms with Crippen molar-refractivity contribution in [2.24, 2.45) is 0 Å². The lowest BCUT2D eigenvalue weighted by atomic mass is 10.2. The second-order valence-corrected chi connectivity index (χ2v) is 4.66. The molecule has 20 heavy (non-hydrogen) atoms. The molecule has 5 nitrogen and oxygen atoms in total. The lowest BCUT2D eigenvalue weighted by Crippen LogP contribution is -2.24. The van der Waals surface area contributed by atoms with Gasteiger partial charge in [0.15, 0.2) is 17.3 Å². The molecule has 0 aliphatic carbocycles. The Labute approximate surface area is 115 Å². The van der Waals surface area contributed by atoms with Crippen LogP contribution in [0.4, 0.5) is 8.78 Å². The van der Waals surface area contributed by atoms with Gasteiger partial charge in [0.25, 0.3) is 5.91 Å². The number of rotatable bonds is 4. The standard InChI is InChI=1S/C12H8F2N2O3S/c13-7-3-1-2-6(10(7)14)11(17)15-4-9-16-8(5-20-9)12(18)19/h1-3,5H,4H2,(H,15,17)(H,18,19). The first-order valence-electron chi connectivity index (χ1n) is 5.39. The molecule has 1 amide bonds. The van der Waals surface area contributed by atoms with Gasteiger partial charge in [0, 0.05) is 5.38 Å². The van der Waals surface area contributed by atoms with Crippen LogP contribution < -0.4 is 5.32 Å². The fraction of sp³-hybridized carbons (Fsp3) is 0.0833. The summed E-state index contributed by atoms with van der Waals surface area (Å²) in [5, 5.41) is 12.7. The summed E-state index contributed by atoms with van der Waals surface area (Å²) in [6, 6.07) is 3.28. The Bertz CT molecular complexity index is 672. The molecule has 0 saturated heterocycles. The number of nitrogens with one attached hydrogen (secondary N) is 1. The van der Waals surface area contributed by atoms with E-state index in [1.807, 2.05) is 0 Å². The third-order valence-electron chi connectivity index (χ3n) is 2.37. The molecule has 8 heteroatoms. The minimum atomic E-state index is -1.23. The number of carboxylic acid groups (broad SMARTS) is 1. The number of carbonyl (C=O) groups excluding carboxylic acids is 1. The largest absolute Gasteiger partial charge is 0.476 e. The number of benzene rings is 1. The van der Waals surface area contributed by atoms with Gasteiger partial charge in [0.05, 0.1) is 12.1 Å². The van der Waals surface area contributed by atoms with E-state index < -0.39 is 29.1 Å². The van der Waals surface area contributed by atoms with Crippen molar-refractivity contribution in [2.45, 2.75) is 6.54 Å². The normalized spacial score (nSPS) is 10.3. The number of nitrogens with zero attached hydrogens (tertiary/aromatic N) is 1. The number of halogens is 2. The molecule has 104 valence electrons. The number of hydrogen-bond donors (Lipinski definition) is 2. The Balaban J connectivity index is 2.05. The highest BCUT2D eigenvalue weighted by Gasteiger charge is 2.15. The quantitative estimate of drug-likeness (QED) is 0.905. The van der Waals surface area contributed by atoms with E-state index in [1.165, 1.54) is 11.4 Å². The minimum Gasteiger partial charge on any atom is -0.476 e. The fourth-order valence-corrected chi connectivity index (χ4v) is 2.13. The number of carbonyl (C=O) groups is 2. The molecule has 0 fully saturated rings. The van der Waals surface area contributed by atoms with Crippen molar-refractivity contribution >= 4 is 23.2 Å². The Hall–Kier alpha value is -2.35. The first-order chi connectivity index (χ1) is 9.49. The van der Waals surface area contributed by atoms with E-state index in [-0.39, 0.29) is 12.2 Å². The van der Waals surface area contributed by atoms with Gasteiger partial charge in [-0.1, -0.05) is 6.07 Å². The Morgan fingerprint density at radius 1 is 1.35 bits per heavy atom. The van der Waals surface area contributed by atoms with Crippen molar-refractivity contribution in [3.63, 3.8) is 0 Å². The van der Waals surface area contributed by atoms with Crippen LogP contribution in [-0.4, -0.2) is 22.0 Å². The summed E-state index contributed by atoms with van der Waals surface area (Å²) in [5.41, 5.74) is -0.545. The summed E-state index contributed by atoms with van der Waals surface area (Å²) in [7, 11) is 0. The molecule has 2 rings (SSSR count). The van der Waals surface area contributed by atoms with Gasteiger partial charge in [-0.2, -0.15) is 0 Å². The summed E-state index contributed by atoms with van der Waals surface area (Å²) >= 11 is 1.05. The van der Waals surface area contributed by atoms with Crippen LogP contribution in [0.25, 0.3) is 0 Å². The highest BCUT2D eigenvalue weighted by Crippen LogP contribution is 2.13. The third kappa shape index (κ3) is 2.97. The van der Waals surface area contributed by atoms with Gasteiger partial charge >= 0.3 is 5.97 Å². The second kappa shape index (κ2) is 5.74. The van der Waals surface area contributed by atoms with Gasteiger partial charge in [0.1, 0.15) is 5.01 Å². The number of thiazole rings is 1. The summed E-state index contributed by atoms with van der Waals surface area (Å²) in [6.07, 6.45) is 0. The maximum atomic E-state index is 13.4.